The van der Waals surface area contributed by atoms with Crippen LogP contribution in [0.1, 0.15) is 27.3 Å². The number of halogens is 7. The highest BCUT2D eigenvalue weighted by atomic mass is 35.5. The summed E-state index contributed by atoms with van der Waals surface area (Å²) in [4.78, 5) is 19.3. The Bertz CT molecular complexity index is 799. The molecule has 1 N–H and O–H groups in total. The van der Waals surface area contributed by atoms with E-state index in [0.717, 1.165) is 0 Å². The lowest BCUT2D eigenvalue weighted by atomic mass is 10.1. The number of benzene rings is 1. The SMILES string of the molecule is Cc1cc(C(=O)Nc2ccc(C(F)(F)F)cc2C(F)(F)F)nc(Cl)n1. The minimum Gasteiger partial charge on any atom is -0.320 e. The van der Waals surface area contributed by atoms with Gasteiger partial charge in [-0.2, -0.15) is 26.3 Å². The van der Waals surface area contributed by atoms with Gasteiger partial charge in [-0.1, -0.05) is 0 Å². The first-order valence-electron chi connectivity index (χ1n) is 6.49. The fourth-order valence-electron chi connectivity index (χ4n) is 1.90. The van der Waals surface area contributed by atoms with E-state index in [4.69, 9.17) is 11.6 Å². The van der Waals surface area contributed by atoms with Crippen molar-refractivity contribution in [1.82, 2.24) is 9.97 Å². The van der Waals surface area contributed by atoms with Gasteiger partial charge in [0.1, 0.15) is 5.69 Å². The average Bonchev–Trinajstić information content (AvgIpc) is 2.44. The summed E-state index contributed by atoms with van der Waals surface area (Å²) in [6, 6.07) is 2.05. The zero-order chi connectivity index (χ0) is 19.0. The van der Waals surface area contributed by atoms with Crippen LogP contribution in [-0.2, 0) is 12.4 Å². The molecule has 0 fully saturated rings. The van der Waals surface area contributed by atoms with Gasteiger partial charge in [-0.25, -0.2) is 9.97 Å². The van der Waals surface area contributed by atoms with Crippen LogP contribution in [0.2, 0.25) is 5.28 Å². The zero-order valence-electron chi connectivity index (χ0n) is 12.3. The summed E-state index contributed by atoms with van der Waals surface area (Å²) in [5.74, 6) is -1.07. The van der Waals surface area contributed by atoms with E-state index in [9.17, 15) is 31.1 Å². The molecule has 0 saturated carbocycles. The van der Waals surface area contributed by atoms with Crippen molar-refractivity contribution in [3.05, 3.63) is 52.1 Å². The van der Waals surface area contributed by atoms with Gasteiger partial charge in [-0.05, 0) is 42.8 Å². The van der Waals surface area contributed by atoms with Gasteiger partial charge in [-0.3, -0.25) is 4.79 Å². The lowest BCUT2D eigenvalue weighted by Crippen LogP contribution is -2.19. The maximum Gasteiger partial charge on any atom is 0.418 e. The van der Waals surface area contributed by atoms with Crippen molar-refractivity contribution < 1.29 is 31.1 Å². The van der Waals surface area contributed by atoms with Crippen LogP contribution >= 0.6 is 11.6 Å². The van der Waals surface area contributed by atoms with E-state index in [0.29, 0.717) is 12.1 Å². The average molecular weight is 384 g/mol. The minimum absolute atomic E-state index is 0.0756. The molecule has 0 unspecified atom stereocenters. The lowest BCUT2D eigenvalue weighted by molar-refractivity contribution is -0.142. The maximum atomic E-state index is 13.0. The molecule has 0 spiro atoms. The summed E-state index contributed by atoms with van der Waals surface area (Å²) >= 11 is 5.56. The van der Waals surface area contributed by atoms with Crippen molar-refractivity contribution in [2.75, 3.05) is 5.32 Å². The van der Waals surface area contributed by atoms with Crippen LogP contribution in [0.5, 0.6) is 0 Å². The predicted molar refractivity (Wildman–Crippen MR) is 76.2 cm³/mol. The Morgan fingerprint density at radius 1 is 1.04 bits per heavy atom. The van der Waals surface area contributed by atoms with Crippen LogP contribution in [-0.4, -0.2) is 15.9 Å². The number of rotatable bonds is 2. The van der Waals surface area contributed by atoms with E-state index < -0.39 is 35.1 Å². The zero-order valence-corrected chi connectivity index (χ0v) is 13.0. The molecule has 0 aliphatic heterocycles. The number of hydrogen-bond acceptors (Lipinski definition) is 3. The summed E-state index contributed by atoms with van der Waals surface area (Å²) in [5.41, 5.74) is -4.00. The van der Waals surface area contributed by atoms with Crippen LogP contribution in [0.15, 0.2) is 24.3 Å². The highest BCUT2D eigenvalue weighted by Crippen LogP contribution is 2.39. The third-order valence-corrected chi connectivity index (χ3v) is 3.13. The monoisotopic (exact) mass is 383 g/mol. The molecule has 1 aromatic carbocycles. The normalized spacial score (nSPS) is 12.2. The fraction of sp³-hybridized carbons (Fsp3) is 0.214. The molecule has 11 heteroatoms. The number of hydrogen-bond donors (Lipinski definition) is 1. The van der Waals surface area contributed by atoms with Gasteiger partial charge in [0.05, 0.1) is 16.8 Å². The number of nitrogens with zero attached hydrogens (tertiary/aromatic N) is 2. The predicted octanol–water partition coefficient (Wildman–Crippen LogP) is 4.73. The highest BCUT2D eigenvalue weighted by Gasteiger charge is 2.38. The number of nitrogens with one attached hydrogen (secondary N) is 1. The van der Waals surface area contributed by atoms with Crippen molar-refractivity contribution >= 4 is 23.2 Å². The lowest BCUT2D eigenvalue weighted by Gasteiger charge is -2.16. The number of alkyl halides is 6. The van der Waals surface area contributed by atoms with Gasteiger partial charge < -0.3 is 5.32 Å². The first kappa shape index (κ1) is 19.0. The molecule has 2 aromatic rings. The molecule has 0 aliphatic rings. The molecular weight excluding hydrogens is 376 g/mol. The van der Waals surface area contributed by atoms with Crippen LogP contribution in [0, 0.1) is 6.92 Å². The fourth-order valence-corrected chi connectivity index (χ4v) is 2.12. The molecule has 1 amide bonds. The second kappa shape index (κ2) is 6.51. The molecule has 4 nitrogen and oxygen atoms in total. The number of aromatic nitrogens is 2. The number of aryl methyl sites for hydroxylation is 1. The molecule has 25 heavy (non-hydrogen) atoms. The van der Waals surface area contributed by atoms with Gasteiger partial charge in [-0.15, -0.1) is 0 Å². The molecule has 0 aliphatic carbocycles. The van der Waals surface area contributed by atoms with Crippen molar-refractivity contribution in [3.8, 4) is 0 Å². The van der Waals surface area contributed by atoms with E-state index in [-0.39, 0.29) is 22.7 Å². The minimum atomic E-state index is -5.11. The van der Waals surface area contributed by atoms with E-state index >= 15 is 0 Å². The molecule has 2 rings (SSSR count). The molecule has 134 valence electrons. The topological polar surface area (TPSA) is 54.9 Å². The van der Waals surface area contributed by atoms with Gasteiger partial charge >= 0.3 is 12.4 Å². The largest absolute Gasteiger partial charge is 0.418 e. The Morgan fingerprint density at radius 3 is 2.20 bits per heavy atom. The smallest absolute Gasteiger partial charge is 0.320 e. The van der Waals surface area contributed by atoms with Gasteiger partial charge in [0.15, 0.2) is 0 Å². The van der Waals surface area contributed by atoms with Crippen molar-refractivity contribution in [2.45, 2.75) is 19.3 Å². The van der Waals surface area contributed by atoms with Gasteiger partial charge in [0.2, 0.25) is 5.28 Å². The second-order valence-electron chi connectivity index (χ2n) is 4.87. The molecule has 0 saturated heterocycles. The molecule has 1 aromatic heterocycles. The van der Waals surface area contributed by atoms with Gasteiger partial charge in [0, 0.05) is 5.69 Å². The van der Waals surface area contributed by atoms with E-state index in [1.54, 1.807) is 0 Å². The summed E-state index contributed by atoms with van der Waals surface area (Å²) in [5, 5.41) is 1.59. The van der Waals surface area contributed by atoms with Gasteiger partial charge in [0.25, 0.3) is 5.91 Å². The molecule has 0 radical (unpaired) electrons. The van der Waals surface area contributed by atoms with Crippen LogP contribution in [0.4, 0.5) is 32.0 Å². The third-order valence-electron chi connectivity index (χ3n) is 2.96. The number of carbonyl (C=O) groups excluding carboxylic acids is 1. The number of anilines is 1. The van der Waals surface area contributed by atoms with Crippen molar-refractivity contribution in [2.24, 2.45) is 0 Å². The third kappa shape index (κ3) is 4.59. The summed E-state index contributed by atoms with van der Waals surface area (Å²) in [6.45, 7) is 1.48. The Hall–Kier alpha value is -2.36. The standard InChI is InChI=1S/C14H8ClF6N3O/c1-6-4-10(24-12(15)22-6)11(25)23-9-3-2-7(13(16,17)18)5-8(9)14(19,20)21/h2-5H,1H3,(H,23,25). The van der Waals surface area contributed by atoms with Crippen molar-refractivity contribution in [3.63, 3.8) is 0 Å². The van der Waals surface area contributed by atoms with Crippen LogP contribution < -0.4 is 5.32 Å². The summed E-state index contributed by atoms with van der Waals surface area (Å²) < 4.78 is 77.0. The summed E-state index contributed by atoms with van der Waals surface area (Å²) in [6.07, 6.45) is -10.1. The molecule has 0 atom stereocenters. The van der Waals surface area contributed by atoms with Crippen molar-refractivity contribution in [1.29, 1.82) is 0 Å². The number of carbonyl (C=O) groups is 1. The first-order valence-corrected chi connectivity index (χ1v) is 6.86. The van der Waals surface area contributed by atoms with Crippen LogP contribution in [0.3, 0.4) is 0 Å². The Morgan fingerprint density at radius 2 is 1.68 bits per heavy atom. The van der Waals surface area contributed by atoms with Crippen LogP contribution in [0.25, 0.3) is 0 Å². The number of amides is 1. The Kier molecular flexibility index (Phi) is 4.94. The highest BCUT2D eigenvalue weighted by molar-refractivity contribution is 6.28. The first-order chi connectivity index (χ1) is 11.4. The molecular formula is C14H8ClF6N3O. The van der Waals surface area contributed by atoms with E-state index in [2.05, 4.69) is 9.97 Å². The second-order valence-corrected chi connectivity index (χ2v) is 5.21. The maximum absolute atomic E-state index is 13.0. The quantitative estimate of drug-likeness (QED) is 0.602. The van der Waals surface area contributed by atoms with E-state index in [1.165, 1.54) is 13.0 Å². The van der Waals surface area contributed by atoms with E-state index in [1.807, 2.05) is 5.32 Å². The molecule has 0 bridgehead atoms. The Labute approximate surface area is 141 Å². The summed E-state index contributed by atoms with van der Waals surface area (Å²) in [7, 11) is 0. The molecule has 1 heterocycles. The Balaban J connectivity index is 2.43.